The minimum absolute atomic E-state index is 0.802. The first kappa shape index (κ1) is 8.29. The third kappa shape index (κ3) is 1.16. The highest BCUT2D eigenvalue weighted by molar-refractivity contribution is 6.03. The Hall–Kier alpha value is -2.03. The number of hydrogen-bond acceptors (Lipinski definition) is 3. The lowest BCUT2D eigenvalue weighted by atomic mass is 10.1. The van der Waals surface area contributed by atoms with Crippen LogP contribution in [-0.4, -0.2) is 12.1 Å². The number of hydrogen-bond donors (Lipinski definition) is 0. The number of ether oxygens (including phenoxy) is 1. The monoisotopic (exact) mass is 199 g/mol. The molecule has 3 heteroatoms. The van der Waals surface area contributed by atoms with Crippen LogP contribution in [0.4, 0.5) is 0 Å². The second-order valence-electron chi connectivity index (χ2n) is 3.35. The zero-order valence-electron chi connectivity index (χ0n) is 8.23. The van der Waals surface area contributed by atoms with Crippen LogP contribution in [0.25, 0.3) is 21.9 Å². The second kappa shape index (κ2) is 2.98. The van der Waals surface area contributed by atoms with Gasteiger partial charge in [0.05, 0.1) is 7.11 Å². The van der Waals surface area contributed by atoms with Crippen molar-refractivity contribution in [3.63, 3.8) is 0 Å². The van der Waals surface area contributed by atoms with Gasteiger partial charge in [0, 0.05) is 5.39 Å². The summed E-state index contributed by atoms with van der Waals surface area (Å²) in [6.07, 6.45) is 1.46. The van der Waals surface area contributed by atoms with Crippen molar-refractivity contribution in [1.29, 1.82) is 0 Å². The number of aromatic nitrogens is 1. The van der Waals surface area contributed by atoms with Crippen LogP contribution >= 0.6 is 0 Å². The number of fused-ring (bicyclic) bond motifs is 3. The van der Waals surface area contributed by atoms with Gasteiger partial charge in [-0.05, 0) is 23.6 Å². The van der Waals surface area contributed by atoms with Crippen LogP contribution in [-0.2, 0) is 0 Å². The molecule has 0 N–H and O–H groups in total. The van der Waals surface area contributed by atoms with Gasteiger partial charge in [-0.1, -0.05) is 12.1 Å². The van der Waals surface area contributed by atoms with Crippen molar-refractivity contribution in [2.24, 2.45) is 0 Å². The van der Waals surface area contributed by atoms with E-state index in [0.29, 0.717) is 0 Å². The average molecular weight is 199 g/mol. The molecule has 1 aromatic heterocycles. The molecule has 0 unspecified atom stereocenters. The molecule has 0 amide bonds. The van der Waals surface area contributed by atoms with Crippen molar-refractivity contribution in [2.45, 2.75) is 0 Å². The van der Waals surface area contributed by atoms with Crippen molar-refractivity contribution < 1.29 is 9.15 Å². The lowest BCUT2D eigenvalue weighted by Gasteiger charge is -2.02. The van der Waals surface area contributed by atoms with Crippen molar-refractivity contribution in [3.05, 3.63) is 36.7 Å². The fourth-order valence-corrected chi connectivity index (χ4v) is 1.75. The quantitative estimate of drug-likeness (QED) is 0.604. The Morgan fingerprint density at radius 3 is 2.93 bits per heavy atom. The first-order chi connectivity index (χ1) is 7.38. The predicted molar refractivity (Wildman–Crippen MR) is 58.1 cm³/mol. The summed E-state index contributed by atoms with van der Waals surface area (Å²) in [6.45, 7) is 0. The zero-order chi connectivity index (χ0) is 10.3. The third-order valence-electron chi connectivity index (χ3n) is 2.52. The molecule has 3 rings (SSSR count). The van der Waals surface area contributed by atoms with Gasteiger partial charge in [-0.2, -0.15) is 0 Å². The van der Waals surface area contributed by atoms with Crippen molar-refractivity contribution >= 4 is 21.9 Å². The van der Waals surface area contributed by atoms with E-state index >= 15 is 0 Å². The molecule has 0 saturated heterocycles. The molecule has 0 saturated carbocycles. The lowest BCUT2D eigenvalue weighted by Crippen LogP contribution is -1.82. The van der Waals surface area contributed by atoms with Gasteiger partial charge in [-0.15, -0.1) is 0 Å². The summed E-state index contributed by atoms with van der Waals surface area (Å²) < 4.78 is 10.4. The van der Waals surface area contributed by atoms with Gasteiger partial charge < -0.3 is 9.15 Å². The Balaban J connectivity index is 2.48. The Bertz CT molecular complexity index is 628. The highest BCUT2D eigenvalue weighted by atomic mass is 16.5. The maximum absolute atomic E-state index is 5.25. The van der Waals surface area contributed by atoms with Crippen LogP contribution in [0.15, 0.2) is 41.1 Å². The van der Waals surface area contributed by atoms with Gasteiger partial charge >= 0.3 is 0 Å². The van der Waals surface area contributed by atoms with Gasteiger partial charge in [0.2, 0.25) is 0 Å². The summed E-state index contributed by atoms with van der Waals surface area (Å²) in [5.41, 5.74) is 1.68. The molecule has 0 bridgehead atoms. The van der Waals surface area contributed by atoms with Crippen LogP contribution in [0.3, 0.4) is 0 Å². The largest absolute Gasteiger partial charge is 0.497 e. The van der Waals surface area contributed by atoms with Gasteiger partial charge in [0.1, 0.15) is 11.3 Å². The molecule has 0 aliphatic rings. The maximum atomic E-state index is 5.25. The minimum Gasteiger partial charge on any atom is -0.497 e. The van der Waals surface area contributed by atoms with Gasteiger partial charge in [0.25, 0.3) is 0 Å². The molecule has 0 radical (unpaired) electrons. The highest BCUT2D eigenvalue weighted by Gasteiger charge is 2.04. The zero-order valence-corrected chi connectivity index (χ0v) is 8.23. The van der Waals surface area contributed by atoms with E-state index in [1.807, 2.05) is 30.3 Å². The van der Waals surface area contributed by atoms with Crippen molar-refractivity contribution in [3.8, 4) is 5.75 Å². The highest BCUT2D eigenvalue weighted by Crippen LogP contribution is 2.27. The van der Waals surface area contributed by atoms with Gasteiger partial charge in [0.15, 0.2) is 12.0 Å². The third-order valence-corrected chi connectivity index (χ3v) is 2.52. The minimum atomic E-state index is 0.802. The molecule has 1 heterocycles. The maximum Gasteiger partial charge on any atom is 0.182 e. The molecular formula is C12H9NO2. The van der Waals surface area contributed by atoms with E-state index in [0.717, 1.165) is 27.6 Å². The van der Waals surface area contributed by atoms with E-state index < -0.39 is 0 Å². The Kier molecular flexibility index (Phi) is 1.65. The molecule has 74 valence electrons. The molecule has 3 aromatic rings. The van der Waals surface area contributed by atoms with Crippen molar-refractivity contribution in [1.82, 2.24) is 4.98 Å². The normalized spacial score (nSPS) is 11.0. The molecular weight excluding hydrogens is 190 g/mol. The second-order valence-corrected chi connectivity index (χ2v) is 3.35. The number of oxazole rings is 1. The van der Waals surface area contributed by atoms with Gasteiger partial charge in [-0.25, -0.2) is 4.98 Å². The summed E-state index contributed by atoms with van der Waals surface area (Å²) in [4.78, 5) is 4.20. The van der Waals surface area contributed by atoms with Crippen LogP contribution in [0, 0.1) is 0 Å². The van der Waals surface area contributed by atoms with Gasteiger partial charge in [-0.3, -0.25) is 0 Å². The lowest BCUT2D eigenvalue weighted by molar-refractivity contribution is 0.415. The average Bonchev–Trinajstić information content (AvgIpc) is 2.76. The van der Waals surface area contributed by atoms with E-state index in [-0.39, 0.29) is 0 Å². The summed E-state index contributed by atoms with van der Waals surface area (Å²) in [5.74, 6) is 0.831. The predicted octanol–water partition coefficient (Wildman–Crippen LogP) is 2.99. The smallest absolute Gasteiger partial charge is 0.182 e. The van der Waals surface area contributed by atoms with Crippen molar-refractivity contribution in [2.75, 3.05) is 7.11 Å². The standard InChI is InChI=1S/C12H9NO2/c1-14-9-4-2-8-3-5-11-12(10(8)6-9)13-7-15-11/h2-7H,1H3. The molecule has 0 spiro atoms. The fraction of sp³-hybridized carbons (Fsp3) is 0.0833. The van der Waals surface area contributed by atoms with E-state index in [1.165, 1.54) is 6.39 Å². The summed E-state index contributed by atoms with van der Waals surface area (Å²) in [6, 6.07) is 9.87. The van der Waals surface area contributed by atoms with E-state index in [9.17, 15) is 0 Å². The molecule has 0 aliphatic carbocycles. The fourth-order valence-electron chi connectivity index (χ4n) is 1.75. The molecule has 15 heavy (non-hydrogen) atoms. The summed E-state index contributed by atoms with van der Waals surface area (Å²) in [7, 11) is 1.66. The first-order valence-electron chi connectivity index (χ1n) is 4.68. The Morgan fingerprint density at radius 1 is 1.20 bits per heavy atom. The topological polar surface area (TPSA) is 35.3 Å². The Morgan fingerprint density at radius 2 is 2.07 bits per heavy atom. The SMILES string of the molecule is COc1ccc2ccc3ocnc3c2c1. The molecule has 0 aliphatic heterocycles. The Labute approximate surface area is 86.3 Å². The molecule has 0 fully saturated rings. The molecule has 3 nitrogen and oxygen atoms in total. The van der Waals surface area contributed by atoms with Crippen LogP contribution < -0.4 is 4.74 Å². The molecule has 2 aromatic carbocycles. The first-order valence-corrected chi connectivity index (χ1v) is 4.68. The van der Waals surface area contributed by atoms with E-state index in [4.69, 9.17) is 9.15 Å². The number of rotatable bonds is 1. The van der Waals surface area contributed by atoms with Crippen LogP contribution in [0.1, 0.15) is 0 Å². The summed E-state index contributed by atoms with van der Waals surface area (Å²) >= 11 is 0. The van der Waals surface area contributed by atoms with Crippen LogP contribution in [0.2, 0.25) is 0 Å². The van der Waals surface area contributed by atoms with E-state index in [1.54, 1.807) is 7.11 Å². The molecule has 0 atom stereocenters. The van der Waals surface area contributed by atoms with Crippen LogP contribution in [0.5, 0.6) is 5.75 Å². The van der Waals surface area contributed by atoms with E-state index in [2.05, 4.69) is 4.98 Å². The number of methoxy groups -OCH3 is 1. The number of benzene rings is 2. The number of nitrogens with zero attached hydrogens (tertiary/aromatic N) is 1. The summed E-state index contributed by atoms with van der Waals surface area (Å²) in [5, 5.41) is 2.19.